The number of carbonyl (C=O) groups excluding carboxylic acids is 1. The summed E-state index contributed by atoms with van der Waals surface area (Å²) in [6.07, 6.45) is 3.42. The van der Waals surface area contributed by atoms with Crippen molar-refractivity contribution in [1.29, 1.82) is 0 Å². The van der Waals surface area contributed by atoms with Gasteiger partial charge in [0.25, 0.3) is 0 Å². The molecule has 2 aromatic heterocycles. The Morgan fingerprint density at radius 2 is 2.27 bits per heavy atom. The lowest BCUT2D eigenvalue weighted by atomic mass is 10.3. The molecule has 1 amide bonds. The molecule has 0 saturated heterocycles. The Balaban J connectivity index is 1.84. The Labute approximate surface area is 130 Å². The van der Waals surface area contributed by atoms with Crippen LogP contribution in [0.5, 0.6) is 0 Å². The van der Waals surface area contributed by atoms with Crippen molar-refractivity contribution in [3.8, 4) is 0 Å². The van der Waals surface area contributed by atoms with Crippen molar-refractivity contribution in [1.82, 2.24) is 30.0 Å². The first kappa shape index (κ1) is 16.1. The number of pyridine rings is 1. The fourth-order valence-corrected chi connectivity index (χ4v) is 2.26. The summed E-state index contributed by atoms with van der Waals surface area (Å²) in [6.45, 7) is 5.64. The second-order valence-electron chi connectivity index (χ2n) is 5.26. The molecule has 118 valence electrons. The average Bonchev–Trinajstić information content (AvgIpc) is 2.96. The minimum atomic E-state index is -0.168. The number of nitrogens with one attached hydrogen (secondary N) is 1. The van der Waals surface area contributed by atoms with Gasteiger partial charge in [0, 0.05) is 19.3 Å². The first-order chi connectivity index (χ1) is 10.6. The fourth-order valence-electron chi connectivity index (χ4n) is 2.26. The largest absolute Gasteiger partial charge is 0.345 e. The first-order valence-corrected chi connectivity index (χ1v) is 7.35. The number of carbonyl (C=O) groups is 1. The molecule has 2 heterocycles. The number of nitrogens with zero attached hydrogens (tertiary/aromatic N) is 5. The molecule has 1 unspecified atom stereocenters. The molecule has 1 N–H and O–H groups in total. The van der Waals surface area contributed by atoms with E-state index >= 15 is 0 Å². The summed E-state index contributed by atoms with van der Waals surface area (Å²) in [5.74, 6) is 0.722. The maximum absolute atomic E-state index is 12.1. The van der Waals surface area contributed by atoms with Gasteiger partial charge in [-0.3, -0.25) is 14.7 Å². The lowest BCUT2D eigenvalue weighted by Crippen LogP contribution is -2.37. The van der Waals surface area contributed by atoms with Crippen LogP contribution < -0.4 is 5.32 Å². The van der Waals surface area contributed by atoms with Gasteiger partial charge in [-0.2, -0.15) is 0 Å². The third-order valence-electron chi connectivity index (χ3n) is 3.32. The Morgan fingerprint density at radius 3 is 2.95 bits per heavy atom. The van der Waals surface area contributed by atoms with E-state index in [1.807, 2.05) is 48.6 Å². The van der Waals surface area contributed by atoms with Crippen LogP contribution in [-0.4, -0.2) is 44.1 Å². The second-order valence-corrected chi connectivity index (χ2v) is 5.26. The zero-order valence-corrected chi connectivity index (χ0v) is 13.2. The summed E-state index contributed by atoms with van der Waals surface area (Å²) in [7, 11) is 1.90. The van der Waals surface area contributed by atoms with Gasteiger partial charge < -0.3 is 9.88 Å². The number of aromatic nitrogens is 4. The summed E-state index contributed by atoms with van der Waals surface area (Å²) in [6, 6.07) is 5.59. The van der Waals surface area contributed by atoms with Crippen LogP contribution in [0, 0.1) is 0 Å². The predicted octanol–water partition coefficient (Wildman–Crippen LogP) is 1.00. The molecule has 1 atom stereocenters. The Kier molecular flexibility index (Phi) is 5.60. The Morgan fingerprint density at radius 1 is 1.45 bits per heavy atom. The highest BCUT2D eigenvalue weighted by atomic mass is 16.2. The van der Waals surface area contributed by atoms with Crippen LogP contribution >= 0.6 is 0 Å². The van der Waals surface area contributed by atoms with Crippen molar-refractivity contribution < 1.29 is 4.79 Å². The van der Waals surface area contributed by atoms with Crippen molar-refractivity contribution in [3.05, 3.63) is 42.2 Å². The van der Waals surface area contributed by atoms with Gasteiger partial charge in [0.05, 0.1) is 18.3 Å². The minimum absolute atomic E-state index is 0.0448. The van der Waals surface area contributed by atoms with Gasteiger partial charge in [0.1, 0.15) is 6.33 Å². The number of hydrogen-bond donors (Lipinski definition) is 1. The molecule has 0 spiro atoms. The molecular weight excluding hydrogens is 280 g/mol. The number of amides is 1. The quantitative estimate of drug-likeness (QED) is 0.826. The lowest BCUT2D eigenvalue weighted by Gasteiger charge is -2.18. The van der Waals surface area contributed by atoms with E-state index in [0.717, 1.165) is 18.1 Å². The molecule has 0 bridgehead atoms. The highest BCUT2D eigenvalue weighted by Gasteiger charge is 2.16. The molecule has 0 radical (unpaired) electrons. The maximum Gasteiger partial charge on any atom is 0.234 e. The molecule has 7 nitrogen and oxygen atoms in total. The van der Waals surface area contributed by atoms with E-state index in [0.29, 0.717) is 13.1 Å². The molecule has 0 saturated carbocycles. The molecule has 22 heavy (non-hydrogen) atoms. The summed E-state index contributed by atoms with van der Waals surface area (Å²) in [5.41, 5.74) is 0.941. The molecule has 0 aromatic carbocycles. The highest BCUT2D eigenvalue weighted by Crippen LogP contribution is 2.08. The van der Waals surface area contributed by atoms with Crippen LogP contribution in [0.15, 0.2) is 30.7 Å². The van der Waals surface area contributed by atoms with Crippen molar-refractivity contribution in [3.63, 3.8) is 0 Å². The minimum Gasteiger partial charge on any atom is -0.345 e. The van der Waals surface area contributed by atoms with E-state index in [1.165, 1.54) is 0 Å². The first-order valence-electron chi connectivity index (χ1n) is 7.35. The summed E-state index contributed by atoms with van der Waals surface area (Å²) < 4.78 is 1.92. The van der Waals surface area contributed by atoms with Crippen molar-refractivity contribution >= 4 is 5.91 Å². The molecule has 2 aromatic rings. The van der Waals surface area contributed by atoms with Crippen molar-refractivity contribution in [2.45, 2.75) is 33.0 Å². The van der Waals surface area contributed by atoms with Crippen LogP contribution in [0.2, 0.25) is 0 Å². The van der Waals surface area contributed by atoms with Gasteiger partial charge in [0.2, 0.25) is 5.91 Å². The third-order valence-corrected chi connectivity index (χ3v) is 3.32. The summed E-state index contributed by atoms with van der Waals surface area (Å²) >= 11 is 0. The molecular formula is C15H22N6O. The van der Waals surface area contributed by atoms with Crippen LogP contribution in [0.1, 0.15) is 31.4 Å². The maximum atomic E-state index is 12.1. The highest BCUT2D eigenvalue weighted by molar-refractivity contribution is 5.78. The zero-order chi connectivity index (χ0) is 15.9. The van der Waals surface area contributed by atoms with Crippen LogP contribution in [0.4, 0.5) is 0 Å². The Bertz CT molecular complexity index is 597. The number of aryl methyl sites for hydroxylation is 1. The monoisotopic (exact) mass is 302 g/mol. The number of likely N-dealkylation sites (N-methyl/N-ethyl adjacent to an activating group) is 1. The van der Waals surface area contributed by atoms with E-state index in [2.05, 4.69) is 20.5 Å². The summed E-state index contributed by atoms with van der Waals surface area (Å²) in [5, 5.41) is 10.9. The van der Waals surface area contributed by atoms with Crippen molar-refractivity contribution in [2.24, 2.45) is 0 Å². The molecule has 7 heteroatoms. The van der Waals surface area contributed by atoms with Crippen LogP contribution in [0.25, 0.3) is 0 Å². The van der Waals surface area contributed by atoms with E-state index < -0.39 is 0 Å². The SMILES string of the molecule is CCn1cnnc1C(C)NC(=O)CN(C)Cc1ccccn1. The molecule has 0 fully saturated rings. The number of rotatable bonds is 7. The normalized spacial score (nSPS) is 12.4. The van der Waals surface area contributed by atoms with E-state index in [4.69, 9.17) is 0 Å². The topological polar surface area (TPSA) is 75.9 Å². The Hall–Kier alpha value is -2.28. The summed E-state index contributed by atoms with van der Waals surface area (Å²) in [4.78, 5) is 18.3. The zero-order valence-electron chi connectivity index (χ0n) is 13.2. The second kappa shape index (κ2) is 7.65. The molecule has 0 aliphatic heterocycles. The molecule has 0 aliphatic carbocycles. The van der Waals surface area contributed by atoms with Gasteiger partial charge in [-0.15, -0.1) is 10.2 Å². The van der Waals surface area contributed by atoms with Gasteiger partial charge in [-0.05, 0) is 33.0 Å². The fraction of sp³-hybridized carbons (Fsp3) is 0.467. The number of hydrogen-bond acceptors (Lipinski definition) is 5. The third kappa shape index (κ3) is 4.36. The molecule has 2 rings (SSSR count). The van der Waals surface area contributed by atoms with Gasteiger partial charge in [-0.1, -0.05) is 6.07 Å². The van der Waals surface area contributed by atoms with E-state index in [1.54, 1.807) is 12.5 Å². The van der Waals surface area contributed by atoms with Gasteiger partial charge >= 0.3 is 0 Å². The van der Waals surface area contributed by atoms with Crippen LogP contribution in [-0.2, 0) is 17.9 Å². The smallest absolute Gasteiger partial charge is 0.234 e. The van der Waals surface area contributed by atoms with Crippen LogP contribution in [0.3, 0.4) is 0 Å². The van der Waals surface area contributed by atoms with E-state index in [-0.39, 0.29) is 11.9 Å². The van der Waals surface area contributed by atoms with Gasteiger partial charge in [0.15, 0.2) is 5.82 Å². The predicted molar refractivity (Wildman–Crippen MR) is 82.8 cm³/mol. The van der Waals surface area contributed by atoms with Gasteiger partial charge in [-0.25, -0.2) is 0 Å². The average molecular weight is 302 g/mol. The molecule has 0 aliphatic rings. The standard InChI is InChI=1S/C15H22N6O/c1-4-21-11-17-19-15(21)12(2)18-14(22)10-20(3)9-13-7-5-6-8-16-13/h5-8,11-12H,4,9-10H2,1-3H3,(H,18,22). The van der Waals surface area contributed by atoms with Crippen molar-refractivity contribution in [2.75, 3.05) is 13.6 Å². The lowest BCUT2D eigenvalue weighted by molar-refractivity contribution is -0.122. The van der Waals surface area contributed by atoms with E-state index in [9.17, 15) is 4.79 Å².